The minimum Gasteiger partial charge on any atom is -0.327 e. The van der Waals surface area contributed by atoms with Crippen molar-refractivity contribution in [2.24, 2.45) is 7.05 Å². The lowest BCUT2D eigenvalue weighted by Gasteiger charge is -2.13. The number of halogens is 1. The van der Waals surface area contributed by atoms with Crippen LogP contribution in [0.4, 0.5) is 10.1 Å². The molecule has 1 saturated heterocycles. The summed E-state index contributed by atoms with van der Waals surface area (Å²) in [4.78, 5) is 16.8. The van der Waals surface area contributed by atoms with Crippen LogP contribution in [0.2, 0.25) is 0 Å². The molecular formula is C19H19FN4OS. The third-order valence-electron chi connectivity index (χ3n) is 4.62. The number of nitrogens with zero attached hydrogens (tertiary/aromatic N) is 2. The van der Waals surface area contributed by atoms with Gasteiger partial charge in [-0.3, -0.25) is 10.1 Å². The molecule has 1 fully saturated rings. The van der Waals surface area contributed by atoms with Crippen molar-refractivity contribution in [2.45, 2.75) is 13.0 Å². The maximum absolute atomic E-state index is 13.5. The lowest BCUT2D eigenvalue weighted by Crippen LogP contribution is -2.37. The minimum absolute atomic E-state index is 0.0101. The van der Waals surface area contributed by atoms with Gasteiger partial charge in [-0.05, 0) is 42.8 Å². The van der Waals surface area contributed by atoms with Gasteiger partial charge in [-0.25, -0.2) is 9.37 Å². The third kappa shape index (κ3) is 3.08. The Morgan fingerprint density at radius 3 is 2.92 bits per heavy atom. The highest BCUT2D eigenvalue weighted by Crippen LogP contribution is 2.27. The average Bonchev–Trinajstić information content (AvgIpc) is 3.25. The van der Waals surface area contributed by atoms with Gasteiger partial charge < -0.3 is 9.88 Å². The van der Waals surface area contributed by atoms with E-state index in [1.165, 1.54) is 12.1 Å². The summed E-state index contributed by atoms with van der Waals surface area (Å²) >= 11 is 1.72. The summed E-state index contributed by atoms with van der Waals surface area (Å²) in [6.07, 6.45) is 0. The summed E-state index contributed by atoms with van der Waals surface area (Å²) in [5.74, 6) is 2.06. The van der Waals surface area contributed by atoms with Gasteiger partial charge >= 0.3 is 0 Å². The molecule has 2 heterocycles. The highest BCUT2D eigenvalue weighted by molar-refractivity contribution is 7.99. The fourth-order valence-electron chi connectivity index (χ4n) is 3.16. The number of benzene rings is 2. The Balaban J connectivity index is 1.63. The zero-order valence-corrected chi connectivity index (χ0v) is 15.4. The molecule has 1 aliphatic heterocycles. The van der Waals surface area contributed by atoms with Gasteiger partial charge in [0.1, 0.15) is 11.6 Å². The smallest absolute Gasteiger partial charge is 0.242 e. The molecule has 0 spiro atoms. The molecular weight excluding hydrogens is 351 g/mol. The normalized spacial score (nSPS) is 17.0. The Bertz CT molecular complexity index is 995. The van der Waals surface area contributed by atoms with E-state index in [1.807, 2.05) is 36.7 Å². The van der Waals surface area contributed by atoms with Crippen molar-refractivity contribution in [3.05, 3.63) is 47.8 Å². The molecule has 26 heavy (non-hydrogen) atoms. The van der Waals surface area contributed by atoms with Gasteiger partial charge in [-0.1, -0.05) is 0 Å². The fraction of sp³-hybridized carbons (Fsp3) is 0.263. The largest absolute Gasteiger partial charge is 0.327 e. The van der Waals surface area contributed by atoms with Crippen molar-refractivity contribution in [2.75, 3.05) is 16.9 Å². The Morgan fingerprint density at radius 1 is 1.35 bits per heavy atom. The Morgan fingerprint density at radius 2 is 2.19 bits per heavy atom. The molecule has 134 valence electrons. The van der Waals surface area contributed by atoms with Crippen LogP contribution in [0, 0.1) is 12.7 Å². The first-order valence-electron chi connectivity index (χ1n) is 8.38. The van der Waals surface area contributed by atoms with Crippen molar-refractivity contribution >= 4 is 34.4 Å². The van der Waals surface area contributed by atoms with Gasteiger partial charge in [0, 0.05) is 36.0 Å². The predicted octanol–water partition coefficient (Wildman–Crippen LogP) is 3.29. The molecule has 0 aliphatic carbocycles. The van der Waals surface area contributed by atoms with E-state index in [9.17, 15) is 9.18 Å². The first kappa shape index (κ1) is 17.1. The summed E-state index contributed by atoms with van der Waals surface area (Å²) < 4.78 is 15.4. The number of rotatable bonds is 3. The summed E-state index contributed by atoms with van der Waals surface area (Å²) in [5.41, 5.74) is 4.18. The quantitative estimate of drug-likeness (QED) is 0.743. The van der Waals surface area contributed by atoms with E-state index >= 15 is 0 Å². The van der Waals surface area contributed by atoms with Crippen molar-refractivity contribution in [3.63, 3.8) is 0 Å². The predicted molar refractivity (Wildman–Crippen MR) is 104 cm³/mol. The van der Waals surface area contributed by atoms with E-state index < -0.39 is 0 Å². The standard InChI is InChI=1S/C19H19FN4OS/c1-11-7-12(3-5-14(11)23-19(25)16-9-26-10-21-16)18-22-15-8-13(20)4-6-17(15)24(18)2/h3-8,16,21H,9-10H2,1-2H3,(H,23,25). The molecule has 0 bridgehead atoms. The molecule has 0 radical (unpaired) electrons. The SMILES string of the molecule is Cc1cc(-c2nc3cc(F)ccc3n2C)ccc1NC(=O)C1CSCN1. The number of hydrogen-bond acceptors (Lipinski definition) is 4. The minimum atomic E-state index is -0.296. The number of aromatic nitrogens is 2. The van der Waals surface area contributed by atoms with Crippen LogP contribution in [0.3, 0.4) is 0 Å². The fourth-order valence-corrected chi connectivity index (χ4v) is 4.10. The maximum atomic E-state index is 13.5. The van der Waals surface area contributed by atoms with Crippen molar-refractivity contribution in [1.29, 1.82) is 0 Å². The molecule has 1 atom stereocenters. The monoisotopic (exact) mass is 370 g/mol. The summed E-state index contributed by atoms with van der Waals surface area (Å²) in [7, 11) is 1.91. The molecule has 1 aliphatic rings. The summed E-state index contributed by atoms with van der Waals surface area (Å²) in [6.45, 7) is 1.96. The van der Waals surface area contributed by atoms with Crippen LogP contribution in [-0.2, 0) is 11.8 Å². The second-order valence-electron chi connectivity index (χ2n) is 6.42. The molecule has 5 nitrogen and oxygen atoms in total. The van der Waals surface area contributed by atoms with E-state index in [2.05, 4.69) is 15.6 Å². The summed E-state index contributed by atoms with van der Waals surface area (Å²) in [6, 6.07) is 10.3. The van der Waals surface area contributed by atoms with Crippen LogP contribution >= 0.6 is 11.8 Å². The lowest BCUT2D eigenvalue weighted by atomic mass is 10.1. The van der Waals surface area contributed by atoms with Crippen LogP contribution in [0.15, 0.2) is 36.4 Å². The lowest BCUT2D eigenvalue weighted by molar-refractivity contribution is -0.117. The highest BCUT2D eigenvalue weighted by Gasteiger charge is 2.23. The Labute approximate surface area is 155 Å². The van der Waals surface area contributed by atoms with E-state index in [0.717, 1.165) is 39.8 Å². The molecule has 3 aromatic rings. The molecule has 4 rings (SSSR count). The first-order valence-corrected chi connectivity index (χ1v) is 9.53. The van der Waals surface area contributed by atoms with Gasteiger partial charge in [-0.2, -0.15) is 0 Å². The average molecular weight is 370 g/mol. The van der Waals surface area contributed by atoms with E-state index in [-0.39, 0.29) is 17.8 Å². The van der Waals surface area contributed by atoms with E-state index in [4.69, 9.17) is 0 Å². The molecule has 2 N–H and O–H groups in total. The molecule has 0 saturated carbocycles. The van der Waals surface area contributed by atoms with Crippen LogP contribution < -0.4 is 10.6 Å². The molecule has 2 aromatic carbocycles. The second-order valence-corrected chi connectivity index (χ2v) is 7.45. The number of thioether (sulfide) groups is 1. The van der Waals surface area contributed by atoms with Crippen molar-refractivity contribution in [3.8, 4) is 11.4 Å². The molecule has 1 aromatic heterocycles. The number of anilines is 1. The number of amides is 1. The number of carbonyl (C=O) groups is 1. The first-order chi connectivity index (χ1) is 12.5. The van der Waals surface area contributed by atoms with Crippen LogP contribution in [0.5, 0.6) is 0 Å². The third-order valence-corrected chi connectivity index (χ3v) is 5.56. The van der Waals surface area contributed by atoms with E-state index in [1.54, 1.807) is 17.8 Å². The Hall–Kier alpha value is -2.38. The van der Waals surface area contributed by atoms with Crippen LogP contribution in [0.1, 0.15) is 5.56 Å². The number of hydrogen-bond donors (Lipinski definition) is 2. The molecule has 1 unspecified atom stereocenters. The van der Waals surface area contributed by atoms with Gasteiger partial charge in [0.2, 0.25) is 5.91 Å². The number of aryl methyl sites for hydroxylation is 2. The van der Waals surface area contributed by atoms with E-state index in [0.29, 0.717) is 5.52 Å². The highest BCUT2D eigenvalue weighted by atomic mass is 32.2. The molecule has 7 heteroatoms. The van der Waals surface area contributed by atoms with Crippen molar-refractivity contribution in [1.82, 2.24) is 14.9 Å². The molecule has 1 amide bonds. The van der Waals surface area contributed by atoms with Gasteiger partial charge in [-0.15, -0.1) is 11.8 Å². The van der Waals surface area contributed by atoms with Crippen LogP contribution in [-0.4, -0.2) is 33.1 Å². The maximum Gasteiger partial charge on any atom is 0.242 e. The zero-order valence-electron chi connectivity index (χ0n) is 14.5. The topological polar surface area (TPSA) is 59.0 Å². The van der Waals surface area contributed by atoms with Crippen LogP contribution in [0.25, 0.3) is 22.4 Å². The number of nitrogens with one attached hydrogen (secondary N) is 2. The number of fused-ring (bicyclic) bond motifs is 1. The van der Waals surface area contributed by atoms with Crippen molar-refractivity contribution < 1.29 is 9.18 Å². The van der Waals surface area contributed by atoms with Gasteiger partial charge in [0.05, 0.1) is 17.1 Å². The number of imidazole rings is 1. The second kappa shape index (κ2) is 6.74. The zero-order chi connectivity index (χ0) is 18.3. The van der Waals surface area contributed by atoms with Gasteiger partial charge in [0.25, 0.3) is 0 Å². The number of carbonyl (C=O) groups excluding carboxylic acids is 1. The summed E-state index contributed by atoms with van der Waals surface area (Å²) in [5, 5.41) is 6.16. The Kier molecular flexibility index (Phi) is 4.42. The van der Waals surface area contributed by atoms with Gasteiger partial charge in [0.15, 0.2) is 0 Å².